The molecule has 0 spiro atoms. The first kappa shape index (κ1) is 22.7. The van der Waals surface area contributed by atoms with Gasteiger partial charge in [-0.2, -0.15) is 0 Å². The van der Waals surface area contributed by atoms with Crippen molar-refractivity contribution in [3.8, 4) is 17.2 Å². The van der Waals surface area contributed by atoms with Crippen LogP contribution in [0.4, 0.5) is 4.39 Å². The number of rotatable bonds is 6. The van der Waals surface area contributed by atoms with Gasteiger partial charge in [-0.3, -0.25) is 9.59 Å². The number of nitrogens with zero attached hydrogens (tertiary/aromatic N) is 1. The Morgan fingerprint density at radius 1 is 1.03 bits per heavy atom. The molecule has 7 nitrogen and oxygen atoms in total. The van der Waals surface area contributed by atoms with Gasteiger partial charge in [-0.05, 0) is 59.7 Å². The maximum absolute atomic E-state index is 13.4. The molecule has 0 aromatic heterocycles. The first-order chi connectivity index (χ1) is 17.0. The van der Waals surface area contributed by atoms with Gasteiger partial charge in [0.2, 0.25) is 12.7 Å². The van der Waals surface area contributed by atoms with Crippen LogP contribution in [0, 0.1) is 11.7 Å². The Hall–Kier alpha value is -4.07. The van der Waals surface area contributed by atoms with E-state index < -0.39 is 11.7 Å². The average molecular weight is 477 g/mol. The Morgan fingerprint density at radius 3 is 2.63 bits per heavy atom. The molecule has 2 amide bonds. The van der Waals surface area contributed by atoms with Gasteiger partial charge in [-0.1, -0.05) is 18.2 Å². The van der Waals surface area contributed by atoms with Gasteiger partial charge in [-0.15, -0.1) is 0 Å². The lowest BCUT2D eigenvalue weighted by Gasteiger charge is -2.19. The number of ether oxygens (including phenoxy) is 3. The maximum atomic E-state index is 13.4. The molecule has 3 aromatic carbocycles. The molecule has 2 heterocycles. The molecule has 180 valence electrons. The van der Waals surface area contributed by atoms with Crippen LogP contribution in [0.3, 0.4) is 0 Å². The van der Waals surface area contributed by atoms with Crippen molar-refractivity contribution in [1.82, 2.24) is 10.2 Å². The second-order valence-corrected chi connectivity index (χ2v) is 8.61. The van der Waals surface area contributed by atoms with Crippen LogP contribution in [0.2, 0.25) is 0 Å². The molecule has 0 saturated carbocycles. The van der Waals surface area contributed by atoms with Crippen LogP contribution in [-0.2, 0) is 11.3 Å². The molecular weight excluding hydrogens is 451 g/mol. The highest BCUT2D eigenvalue weighted by atomic mass is 19.1. The molecule has 0 bridgehead atoms. The molecule has 35 heavy (non-hydrogen) atoms. The zero-order valence-corrected chi connectivity index (χ0v) is 19.2. The van der Waals surface area contributed by atoms with E-state index in [1.165, 1.54) is 24.3 Å². The summed E-state index contributed by atoms with van der Waals surface area (Å²) in [5, 5.41) is 3.01. The third-order valence-corrected chi connectivity index (χ3v) is 6.46. The lowest BCUT2D eigenvalue weighted by molar-refractivity contribution is -0.125. The zero-order valence-electron chi connectivity index (χ0n) is 19.2. The summed E-state index contributed by atoms with van der Waals surface area (Å²) in [6, 6.07) is 18.6. The minimum Gasteiger partial charge on any atom is -0.497 e. The number of methoxy groups -OCH3 is 1. The predicted octanol–water partition coefficient (Wildman–Crippen LogP) is 3.74. The fourth-order valence-corrected chi connectivity index (χ4v) is 4.59. The van der Waals surface area contributed by atoms with Crippen molar-refractivity contribution in [1.29, 1.82) is 0 Å². The topological polar surface area (TPSA) is 77.1 Å². The number of fused-ring (bicyclic) bond motifs is 1. The quantitative estimate of drug-likeness (QED) is 0.587. The summed E-state index contributed by atoms with van der Waals surface area (Å²) in [5.41, 5.74) is 2.19. The number of nitrogens with one attached hydrogen (secondary N) is 1. The molecule has 2 aliphatic rings. The smallest absolute Gasteiger partial charge is 0.253 e. The standard InChI is InChI=1S/C27H25FN2O5/c1-33-21-4-2-3-19(12-21)22-14-30(27(32)18-6-8-20(28)9-7-18)15-23(22)26(31)29-13-17-5-10-24-25(11-17)35-16-34-24/h2-12,22-23H,13-16H2,1H3,(H,29,31). The lowest BCUT2D eigenvalue weighted by Crippen LogP contribution is -2.35. The summed E-state index contributed by atoms with van der Waals surface area (Å²) in [7, 11) is 1.59. The van der Waals surface area contributed by atoms with Gasteiger partial charge in [0, 0.05) is 31.1 Å². The number of hydrogen-bond acceptors (Lipinski definition) is 5. The van der Waals surface area contributed by atoms with Crippen molar-refractivity contribution in [3.05, 3.63) is 89.2 Å². The summed E-state index contributed by atoms with van der Waals surface area (Å²) < 4.78 is 29.5. The van der Waals surface area contributed by atoms with Gasteiger partial charge >= 0.3 is 0 Å². The van der Waals surface area contributed by atoms with Gasteiger partial charge < -0.3 is 24.4 Å². The van der Waals surface area contributed by atoms with E-state index in [0.29, 0.717) is 35.9 Å². The van der Waals surface area contributed by atoms with Gasteiger partial charge in [0.25, 0.3) is 5.91 Å². The fourth-order valence-electron chi connectivity index (χ4n) is 4.59. The normalized spacial score (nSPS) is 18.4. The summed E-state index contributed by atoms with van der Waals surface area (Å²) >= 11 is 0. The van der Waals surface area contributed by atoms with Crippen LogP contribution in [0.5, 0.6) is 17.2 Å². The zero-order chi connectivity index (χ0) is 24.4. The molecule has 1 N–H and O–H groups in total. The van der Waals surface area contributed by atoms with Crippen LogP contribution in [-0.4, -0.2) is 43.7 Å². The largest absolute Gasteiger partial charge is 0.497 e. The number of carbonyl (C=O) groups excluding carboxylic acids is 2. The molecule has 3 aromatic rings. The maximum Gasteiger partial charge on any atom is 0.253 e. The van der Waals surface area contributed by atoms with Crippen LogP contribution in [0.15, 0.2) is 66.7 Å². The van der Waals surface area contributed by atoms with E-state index in [1.54, 1.807) is 12.0 Å². The van der Waals surface area contributed by atoms with Gasteiger partial charge in [0.15, 0.2) is 11.5 Å². The Morgan fingerprint density at radius 2 is 1.83 bits per heavy atom. The molecule has 2 atom stereocenters. The third kappa shape index (κ3) is 4.77. The highest BCUT2D eigenvalue weighted by Gasteiger charge is 2.40. The van der Waals surface area contributed by atoms with Gasteiger partial charge in [0.1, 0.15) is 11.6 Å². The highest BCUT2D eigenvalue weighted by molar-refractivity contribution is 5.95. The van der Waals surface area contributed by atoms with E-state index in [1.807, 2.05) is 42.5 Å². The number of likely N-dealkylation sites (tertiary alicyclic amines) is 1. The first-order valence-corrected chi connectivity index (χ1v) is 11.4. The van der Waals surface area contributed by atoms with Crippen molar-refractivity contribution in [2.45, 2.75) is 12.5 Å². The first-order valence-electron chi connectivity index (χ1n) is 11.4. The highest BCUT2D eigenvalue weighted by Crippen LogP contribution is 2.36. The molecule has 2 unspecified atom stereocenters. The molecule has 2 aliphatic heterocycles. The van der Waals surface area contributed by atoms with Gasteiger partial charge in [-0.25, -0.2) is 4.39 Å². The molecule has 0 radical (unpaired) electrons. The summed E-state index contributed by atoms with van der Waals surface area (Å²) in [5.74, 6) is 0.566. The molecule has 1 fully saturated rings. The minimum atomic E-state index is -0.458. The summed E-state index contributed by atoms with van der Waals surface area (Å²) in [4.78, 5) is 28.1. The summed E-state index contributed by atoms with van der Waals surface area (Å²) in [6.07, 6.45) is 0. The molecule has 1 saturated heterocycles. The van der Waals surface area contributed by atoms with Crippen LogP contribution in [0.1, 0.15) is 27.4 Å². The Bertz CT molecular complexity index is 1250. The second-order valence-electron chi connectivity index (χ2n) is 8.61. The average Bonchev–Trinajstić information content (AvgIpc) is 3.54. The number of carbonyl (C=O) groups is 2. The monoisotopic (exact) mass is 476 g/mol. The number of benzene rings is 3. The van der Waals surface area contributed by atoms with Crippen molar-refractivity contribution in [2.75, 3.05) is 27.0 Å². The Kier molecular flexibility index (Phi) is 6.27. The second kappa shape index (κ2) is 9.66. The van der Waals surface area contributed by atoms with E-state index in [0.717, 1.165) is 11.1 Å². The molecular formula is C27H25FN2O5. The van der Waals surface area contributed by atoms with Crippen molar-refractivity contribution < 1.29 is 28.2 Å². The van der Waals surface area contributed by atoms with Crippen molar-refractivity contribution in [2.24, 2.45) is 5.92 Å². The van der Waals surface area contributed by atoms with E-state index in [4.69, 9.17) is 14.2 Å². The SMILES string of the molecule is COc1cccc(C2CN(C(=O)c3ccc(F)cc3)CC2C(=O)NCc2ccc3c(c2)OCO3)c1. The lowest BCUT2D eigenvalue weighted by atomic mass is 9.88. The van der Waals surface area contributed by atoms with Crippen molar-refractivity contribution in [3.63, 3.8) is 0 Å². The van der Waals surface area contributed by atoms with Gasteiger partial charge in [0.05, 0.1) is 13.0 Å². The predicted molar refractivity (Wildman–Crippen MR) is 126 cm³/mol. The molecule has 5 rings (SSSR count). The third-order valence-electron chi connectivity index (χ3n) is 6.46. The van der Waals surface area contributed by atoms with Crippen LogP contribution >= 0.6 is 0 Å². The number of amides is 2. The number of hydrogen-bond donors (Lipinski definition) is 1. The number of halogens is 1. The van der Waals surface area contributed by atoms with Crippen molar-refractivity contribution >= 4 is 11.8 Å². The van der Waals surface area contributed by atoms with Crippen LogP contribution in [0.25, 0.3) is 0 Å². The molecule has 0 aliphatic carbocycles. The van der Waals surface area contributed by atoms with E-state index in [-0.39, 0.29) is 31.1 Å². The van der Waals surface area contributed by atoms with E-state index in [2.05, 4.69) is 5.32 Å². The summed E-state index contributed by atoms with van der Waals surface area (Å²) in [6.45, 7) is 1.13. The van der Waals surface area contributed by atoms with E-state index >= 15 is 0 Å². The Labute approximate surface area is 202 Å². The Balaban J connectivity index is 1.35. The fraction of sp³-hybridized carbons (Fsp3) is 0.259. The van der Waals surface area contributed by atoms with Crippen LogP contribution < -0.4 is 19.5 Å². The van der Waals surface area contributed by atoms with E-state index in [9.17, 15) is 14.0 Å². The minimum absolute atomic E-state index is 0.148. The molecule has 8 heteroatoms.